The summed E-state index contributed by atoms with van der Waals surface area (Å²) in [4.78, 5) is 30.6. The minimum Gasteiger partial charge on any atom is -0.354 e. The predicted molar refractivity (Wildman–Crippen MR) is 104 cm³/mol. The number of piperidine rings is 1. The van der Waals surface area contributed by atoms with E-state index in [9.17, 15) is 22.8 Å². The van der Waals surface area contributed by atoms with Crippen LogP contribution in [0.2, 0.25) is 0 Å². The van der Waals surface area contributed by atoms with Gasteiger partial charge in [0.05, 0.1) is 16.3 Å². The molecular formula is C19H23F3N4O2S. The fourth-order valence-corrected chi connectivity index (χ4v) is 3.95. The molecule has 3 rings (SSSR count). The summed E-state index contributed by atoms with van der Waals surface area (Å²) in [6.07, 6.45) is -2.03. The average Bonchev–Trinajstić information content (AvgIpc) is 3.07. The zero-order valence-corrected chi connectivity index (χ0v) is 16.9. The molecule has 1 aliphatic heterocycles. The Hall–Kier alpha value is -2.20. The van der Waals surface area contributed by atoms with Crippen LogP contribution in [0.25, 0.3) is 0 Å². The van der Waals surface area contributed by atoms with Gasteiger partial charge in [0.1, 0.15) is 6.54 Å². The number of rotatable bonds is 6. The van der Waals surface area contributed by atoms with Gasteiger partial charge in [0.15, 0.2) is 0 Å². The molecular weight excluding hydrogens is 405 g/mol. The van der Waals surface area contributed by atoms with E-state index >= 15 is 0 Å². The maximum absolute atomic E-state index is 12.8. The minimum atomic E-state index is -4.56. The molecule has 1 amide bonds. The normalized spacial score (nSPS) is 16.1. The summed E-state index contributed by atoms with van der Waals surface area (Å²) in [6, 6.07) is 1.55. The van der Waals surface area contributed by atoms with Crippen molar-refractivity contribution in [3.8, 4) is 0 Å². The van der Waals surface area contributed by atoms with Crippen molar-refractivity contribution in [1.82, 2.24) is 19.8 Å². The predicted octanol–water partition coefficient (Wildman–Crippen LogP) is 2.66. The van der Waals surface area contributed by atoms with Gasteiger partial charge in [0.25, 0.3) is 5.56 Å². The topological polar surface area (TPSA) is 67.2 Å². The molecule has 2 aromatic rings. The highest BCUT2D eigenvalue weighted by Gasteiger charge is 2.31. The van der Waals surface area contributed by atoms with Gasteiger partial charge in [-0.25, -0.2) is 4.98 Å². The lowest BCUT2D eigenvalue weighted by molar-refractivity contribution is -0.138. The minimum absolute atomic E-state index is 0.311. The molecule has 0 spiro atoms. The highest BCUT2D eigenvalue weighted by Crippen LogP contribution is 2.28. The van der Waals surface area contributed by atoms with E-state index in [1.165, 1.54) is 0 Å². The lowest BCUT2D eigenvalue weighted by Gasteiger charge is -2.31. The Kier molecular flexibility index (Phi) is 6.74. The van der Waals surface area contributed by atoms with Crippen molar-refractivity contribution >= 4 is 17.2 Å². The number of nitrogens with one attached hydrogen (secondary N) is 1. The van der Waals surface area contributed by atoms with Crippen LogP contribution in [0.5, 0.6) is 0 Å². The number of halogens is 3. The smallest absolute Gasteiger partial charge is 0.354 e. The number of carbonyl (C=O) groups excluding carboxylic acids is 1. The summed E-state index contributed by atoms with van der Waals surface area (Å²) in [5.41, 5.74) is -0.517. The molecule has 0 aliphatic carbocycles. The summed E-state index contributed by atoms with van der Waals surface area (Å²) >= 11 is 1.64. The van der Waals surface area contributed by atoms with Crippen LogP contribution in [0.4, 0.5) is 13.2 Å². The first-order chi connectivity index (χ1) is 13.7. The van der Waals surface area contributed by atoms with Gasteiger partial charge in [-0.3, -0.25) is 14.5 Å². The highest BCUT2D eigenvalue weighted by atomic mass is 32.1. The van der Waals surface area contributed by atoms with Crippen LogP contribution >= 0.6 is 11.3 Å². The van der Waals surface area contributed by atoms with E-state index in [0.717, 1.165) is 59.9 Å². The molecule has 10 heteroatoms. The third-order valence-corrected chi connectivity index (χ3v) is 5.79. The van der Waals surface area contributed by atoms with Crippen LogP contribution < -0.4 is 10.9 Å². The van der Waals surface area contributed by atoms with E-state index in [0.29, 0.717) is 18.7 Å². The number of aromatic nitrogens is 2. The van der Waals surface area contributed by atoms with Gasteiger partial charge in [-0.05, 0) is 44.8 Å². The van der Waals surface area contributed by atoms with E-state index in [-0.39, 0.29) is 0 Å². The molecule has 6 nitrogen and oxygen atoms in total. The lowest BCUT2D eigenvalue weighted by Crippen LogP contribution is -2.40. The molecule has 158 valence electrons. The molecule has 1 aliphatic rings. The molecule has 1 fully saturated rings. The molecule has 0 aromatic carbocycles. The van der Waals surface area contributed by atoms with Crippen molar-refractivity contribution in [3.05, 3.63) is 50.3 Å². The highest BCUT2D eigenvalue weighted by molar-refractivity contribution is 7.09. The molecule has 0 bridgehead atoms. The summed E-state index contributed by atoms with van der Waals surface area (Å²) < 4.78 is 39.1. The number of thiazole rings is 1. The van der Waals surface area contributed by atoms with E-state index in [1.54, 1.807) is 11.3 Å². The standard InChI is InChI=1S/C19H23F3N4O2S/c1-13-24-16(12-29-13)10-25-6-4-14(5-7-25)8-23-17(27)11-26-9-15(19(20,21)22)2-3-18(26)28/h2-3,9,12,14H,4-8,10-11H2,1H3,(H,23,27). The van der Waals surface area contributed by atoms with Crippen LogP contribution in [-0.4, -0.2) is 40.0 Å². The number of pyridine rings is 1. The molecule has 0 unspecified atom stereocenters. The second-order valence-electron chi connectivity index (χ2n) is 7.26. The SMILES string of the molecule is Cc1nc(CN2CCC(CNC(=O)Cn3cc(C(F)(F)F)ccc3=O)CC2)cs1. The van der Waals surface area contributed by atoms with Gasteiger partial charge in [0, 0.05) is 30.7 Å². The van der Waals surface area contributed by atoms with Gasteiger partial charge in [0.2, 0.25) is 5.91 Å². The zero-order chi connectivity index (χ0) is 21.0. The summed E-state index contributed by atoms with van der Waals surface area (Å²) in [5.74, 6) is -0.155. The molecule has 0 atom stereocenters. The number of likely N-dealkylation sites (tertiary alicyclic amines) is 1. The first-order valence-electron chi connectivity index (χ1n) is 9.38. The van der Waals surface area contributed by atoms with Crippen molar-refractivity contribution in [2.75, 3.05) is 19.6 Å². The number of amides is 1. The monoisotopic (exact) mass is 428 g/mol. The lowest BCUT2D eigenvalue weighted by atomic mass is 9.96. The second-order valence-corrected chi connectivity index (χ2v) is 8.33. The van der Waals surface area contributed by atoms with Crippen molar-refractivity contribution in [2.45, 2.75) is 39.0 Å². The second kappa shape index (κ2) is 9.08. The van der Waals surface area contributed by atoms with Crippen LogP contribution in [-0.2, 0) is 24.1 Å². The Labute approximate surface area is 170 Å². The maximum atomic E-state index is 12.8. The van der Waals surface area contributed by atoms with Crippen LogP contribution in [0.3, 0.4) is 0 Å². The van der Waals surface area contributed by atoms with Gasteiger partial charge in [-0.15, -0.1) is 11.3 Å². The number of hydrogen-bond donors (Lipinski definition) is 1. The molecule has 29 heavy (non-hydrogen) atoms. The van der Waals surface area contributed by atoms with Gasteiger partial charge in [-0.2, -0.15) is 13.2 Å². The van der Waals surface area contributed by atoms with E-state index in [1.807, 2.05) is 6.92 Å². The van der Waals surface area contributed by atoms with Gasteiger partial charge >= 0.3 is 6.18 Å². The largest absolute Gasteiger partial charge is 0.417 e. The van der Waals surface area contributed by atoms with Crippen molar-refractivity contribution in [2.24, 2.45) is 5.92 Å². The Balaban J connectivity index is 1.44. The summed E-state index contributed by atoms with van der Waals surface area (Å²) in [5, 5.41) is 5.87. The number of aryl methyl sites for hydroxylation is 1. The van der Waals surface area contributed by atoms with Crippen molar-refractivity contribution < 1.29 is 18.0 Å². The van der Waals surface area contributed by atoms with Crippen LogP contribution in [0.15, 0.2) is 28.5 Å². The summed E-state index contributed by atoms with van der Waals surface area (Å²) in [7, 11) is 0. The molecule has 1 N–H and O–H groups in total. The fourth-order valence-electron chi connectivity index (χ4n) is 3.35. The van der Waals surface area contributed by atoms with E-state index in [2.05, 4.69) is 20.6 Å². The fraction of sp³-hybridized carbons (Fsp3) is 0.526. The van der Waals surface area contributed by atoms with Crippen molar-refractivity contribution in [3.63, 3.8) is 0 Å². The average molecular weight is 428 g/mol. The number of nitrogens with zero attached hydrogens (tertiary/aromatic N) is 3. The Morgan fingerprint density at radius 2 is 2.03 bits per heavy atom. The Morgan fingerprint density at radius 1 is 1.31 bits per heavy atom. The summed E-state index contributed by atoms with van der Waals surface area (Å²) in [6.45, 7) is 4.65. The first-order valence-corrected chi connectivity index (χ1v) is 10.3. The molecule has 1 saturated heterocycles. The molecule has 2 aromatic heterocycles. The van der Waals surface area contributed by atoms with Crippen LogP contribution in [0, 0.1) is 12.8 Å². The molecule has 3 heterocycles. The van der Waals surface area contributed by atoms with E-state index < -0.39 is 29.8 Å². The quantitative estimate of drug-likeness (QED) is 0.768. The molecule has 0 radical (unpaired) electrons. The third kappa shape index (κ3) is 6.14. The van der Waals surface area contributed by atoms with Gasteiger partial charge < -0.3 is 9.88 Å². The Bertz CT molecular complexity index is 901. The third-order valence-electron chi connectivity index (χ3n) is 4.97. The first kappa shape index (κ1) is 21.5. The zero-order valence-electron chi connectivity index (χ0n) is 16.0. The number of carbonyl (C=O) groups is 1. The van der Waals surface area contributed by atoms with Crippen LogP contribution in [0.1, 0.15) is 29.1 Å². The van der Waals surface area contributed by atoms with E-state index in [4.69, 9.17) is 0 Å². The van der Waals surface area contributed by atoms with Gasteiger partial charge in [-0.1, -0.05) is 0 Å². The van der Waals surface area contributed by atoms with Crippen molar-refractivity contribution in [1.29, 1.82) is 0 Å². The Morgan fingerprint density at radius 3 is 2.66 bits per heavy atom. The molecule has 0 saturated carbocycles. The maximum Gasteiger partial charge on any atom is 0.417 e. The number of hydrogen-bond acceptors (Lipinski definition) is 5. The number of alkyl halides is 3.